The topological polar surface area (TPSA) is 46.5 Å². The molecule has 0 saturated heterocycles. The molecular formula is C13H24O3. The quantitative estimate of drug-likeness (QED) is 0.460. The van der Waals surface area contributed by atoms with Crippen LogP contribution in [0, 0.1) is 0 Å². The second-order valence-corrected chi connectivity index (χ2v) is 3.99. The number of carboxylic acids is 1. The minimum absolute atomic E-state index is 0.212. The summed E-state index contributed by atoms with van der Waals surface area (Å²) in [5.41, 5.74) is 0. The van der Waals surface area contributed by atoms with Crippen LogP contribution in [0.15, 0.2) is 12.2 Å². The highest BCUT2D eigenvalue weighted by Crippen LogP contribution is 2.10. The van der Waals surface area contributed by atoms with Gasteiger partial charge in [-0.15, -0.1) is 0 Å². The lowest BCUT2D eigenvalue weighted by Gasteiger charge is -2.12. The predicted octanol–water partition coefficient (Wildman–Crippen LogP) is 3.39. The van der Waals surface area contributed by atoms with Gasteiger partial charge in [0, 0.05) is 13.5 Å². The van der Waals surface area contributed by atoms with E-state index in [-0.39, 0.29) is 12.5 Å². The molecule has 0 heterocycles. The molecule has 0 unspecified atom stereocenters. The number of carbonyl (C=O) groups is 1. The Bertz CT molecular complexity index is 199. The first-order valence-electron chi connectivity index (χ1n) is 6.10. The van der Waals surface area contributed by atoms with Crippen LogP contribution >= 0.6 is 0 Å². The van der Waals surface area contributed by atoms with Gasteiger partial charge in [-0.1, -0.05) is 38.3 Å². The number of unbranched alkanes of at least 4 members (excludes halogenated alkanes) is 2. The molecule has 1 N–H and O–H groups in total. The number of carboxylic acid groups (broad SMARTS) is 1. The van der Waals surface area contributed by atoms with Crippen LogP contribution in [0.1, 0.15) is 51.9 Å². The van der Waals surface area contributed by atoms with Crippen molar-refractivity contribution in [2.75, 3.05) is 7.11 Å². The maximum atomic E-state index is 10.3. The SMILES string of the molecule is CCCCC[C@@H](C/C=C/CCC(=O)O)OC. The predicted molar refractivity (Wildman–Crippen MR) is 65.6 cm³/mol. The van der Waals surface area contributed by atoms with Crippen LogP contribution < -0.4 is 0 Å². The lowest BCUT2D eigenvalue weighted by atomic mass is 10.1. The van der Waals surface area contributed by atoms with E-state index in [0.29, 0.717) is 6.42 Å². The molecular weight excluding hydrogens is 204 g/mol. The first-order chi connectivity index (χ1) is 7.70. The van der Waals surface area contributed by atoms with Gasteiger partial charge in [-0.2, -0.15) is 0 Å². The molecule has 0 amide bonds. The summed E-state index contributed by atoms with van der Waals surface area (Å²) in [5.74, 6) is -0.740. The fourth-order valence-corrected chi connectivity index (χ4v) is 1.53. The Morgan fingerprint density at radius 1 is 1.38 bits per heavy atom. The summed E-state index contributed by atoms with van der Waals surface area (Å²) < 4.78 is 5.36. The number of ether oxygens (including phenoxy) is 1. The van der Waals surface area contributed by atoms with Crippen molar-refractivity contribution in [3.8, 4) is 0 Å². The monoisotopic (exact) mass is 228 g/mol. The smallest absolute Gasteiger partial charge is 0.303 e. The molecule has 0 radical (unpaired) electrons. The standard InChI is InChI=1S/C13H24O3/c1-3-4-6-9-12(16-2)10-7-5-8-11-13(14)15/h5,7,12H,3-4,6,8-11H2,1-2H3,(H,14,15)/b7-5+/t12-/m0/s1. The van der Waals surface area contributed by atoms with Crippen molar-refractivity contribution in [3.05, 3.63) is 12.2 Å². The molecule has 0 spiro atoms. The summed E-state index contributed by atoms with van der Waals surface area (Å²) in [7, 11) is 1.74. The lowest BCUT2D eigenvalue weighted by Crippen LogP contribution is -2.08. The Morgan fingerprint density at radius 3 is 2.69 bits per heavy atom. The number of hydrogen-bond acceptors (Lipinski definition) is 2. The molecule has 3 heteroatoms. The van der Waals surface area contributed by atoms with Crippen molar-refractivity contribution in [2.24, 2.45) is 0 Å². The minimum Gasteiger partial charge on any atom is -0.481 e. The third-order valence-corrected chi connectivity index (χ3v) is 2.55. The summed E-state index contributed by atoms with van der Waals surface area (Å²) in [6.45, 7) is 2.19. The van der Waals surface area contributed by atoms with Gasteiger partial charge in [-0.25, -0.2) is 0 Å². The average Bonchev–Trinajstić information content (AvgIpc) is 2.26. The van der Waals surface area contributed by atoms with E-state index in [2.05, 4.69) is 6.92 Å². The molecule has 16 heavy (non-hydrogen) atoms. The molecule has 0 aliphatic carbocycles. The number of allylic oxidation sites excluding steroid dienone is 1. The summed E-state index contributed by atoms with van der Waals surface area (Å²) in [5, 5.41) is 8.45. The molecule has 0 rings (SSSR count). The van der Waals surface area contributed by atoms with Crippen molar-refractivity contribution in [3.63, 3.8) is 0 Å². The molecule has 94 valence electrons. The molecule has 0 aromatic rings. The molecule has 0 saturated carbocycles. The van der Waals surface area contributed by atoms with Gasteiger partial charge in [0.25, 0.3) is 0 Å². The zero-order valence-corrected chi connectivity index (χ0v) is 10.4. The third kappa shape index (κ3) is 9.71. The summed E-state index contributed by atoms with van der Waals surface area (Å²) in [6, 6.07) is 0. The maximum absolute atomic E-state index is 10.3. The van der Waals surface area contributed by atoms with Gasteiger partial charge in [-0.3, -0.25) is 4.79 Å². The second-order valence-electron chi connectivity index (χ2n) is 3.99. The highest BCUT2D eigenvalue weighted by Gasteiger charge is 2.03. The van der Waals surface area contributed by atoms with Gasteiger partial charge >= 0.3 is 5.97 Å². The van der Waals surface area contributed by atoms with E-state index < -0.39 is 5.97 Å². The molecule has 0 aromatic heterocycles. The summed E-state index contributed by atoms with van der Waals surface area (Å²) in [6.07, 6.45) is 10.7. The molecule has 3 nitrogen and oxygen atoms in total. The highest BCUT2D eigenvalue weighted by atomic mass is 16.5. The summed E-state index contributed by atoms with van der Waals surface area (Å²) in [4.78, 5) is 10.3. The van der Waals surface area contributed by atoms with E-state index in [1.54, 1.807) is 7.11 Å². The largest absolute Gasteiger partial charge is 0.481 e. The fraction of sp³-hybridized carbons (Fsp3) is 0.769. The molecule has 0 aliphatic rings. The van der Waals surface area contributed by atoms with Crippen LogP contribution in [0.2, 0.25) is 0 Å². The Hall–Kier alpha value is -0.830. The maximum Gasteiger partial charge on any atom is 0.303 e. The van der Waals surface area contributed by atoms with E-state index in [1.807, 2.05) is 12.2 Å². The number of methoxy groups -OCH3 is 1. The van der Waals surface area contributed by atoms with E-state index in [9.17, 15) is 4.79 Å². The third-order valence-electron chi connectivity index (χ3n) is 2.55. The van der Waals surface area contributed by atoms with Gasteiger partial charge < -0.3 is 9.84 Å². The zero-order valence-electron chi connectivity index (χ0n) is 10.4. The zero-order chi connectivity index (χ0) is 12.2. The normalized spacial score (nSPS) is 13.1. The van der Waals surface area contributed by atoms with Gasteiger partial charge in [0.15, 0.2) is 0 Å². The van der Waals surface area contributed by atoms with E-state index in [1.165, 1.54) is 19.3 Å². The van der Waals surface area contributed by atoms with E-state index in [0.717, 1.165) is 12.8 Å². The van der Waals surface area contributed by atoms with Crippen LogP contribution in [0.5, 0.6) is 0 Å². The van der Waals surface area contributed by atoms with Crippen molar-refractivity contribution in [2.45, 2.75) is 58.0 Å². The number of rotatable bonds is 10. The Labute approximate surface area is 98.5 Å². The van der Waals surface area contributed by atoms with E-state index in [4.69, 9.17) is 9.84 Å². The van der Waals surface area contributed by atoms with Gasteiger partial charge in [0.2, 0.25) is 0 Å². The van der Waals surface area contributed by atoms with Gasteiger partial charge in [0.1, 0.15) is 0 Å². The number of aliphatic carboxylic acids is 1. The van der Waals surface area contributed by atoms with E-state index >= 15 is 0 Å². The molecule has 1 atom stereocenters. The van der Waals surface area contributed by atoms with Crippen LogP contribution in [0.4, 0.5) is 0 Å². The van der Waals surface area contributed by atoms with Gasteiger partial charge in [0.05, 0.1) is 6.10 Å². The van der Waals surface area contributed by atoms with Crippen molar-refractivity contribution >= 4 is 5.97 Å². The average molecular weight is 228 g/mol. The lowest BCUT2D eigenvalue weighted by molar-refractivity contribution is -0.136. The first-order valence-corrected chi connectivity index (χ1v) is 6.10. The second kappa shape index (κ2) is 10.7. The number of hydrogen-bond donors (Lipinski definition) is 1. The Balaban J connectivity index is 3.56. The minimum atomic E-state index is -0.740. The molecule has 0 aromatic carbocycles. The van der Waals surface area contributed by atoms with Crippen LogP contribution in [0.25, 0.3) is 0 Å². The van der Waals surface area contributed by atoms with Crippen LogP contribution in [0.3, 0.4) is 0 Å². The first kappa shape index (κ1) is 15.2. The van der Waals surface area contributed by atoms with Crippen LogP contribution in [-0.2, 0) is 9.53 Å². The fourth-order valence-electron chi connectivity index (χ4n) is 1.53. The highest BCUT2D eigenvalue weighted by molar-refractivity contribution is 5.66. The van der Waals surface area contributed by atoms with Crippen molar-refractivity contribution in [1.82, 2.24) is 0 Å². The molecule has 0 aliphatic heterocycles. The Morgan fingerprint density at radius 2 is 2.12 bits per heavy atom. The van der Waals surface area contributed by atoms with Crippen LogP contribution in [-0.4, -0.2) is 24.3 Å². The Kier molecular flexibility index (Phi) is 10.1. The summed E-state index contributed by atoms with van der Waals surface area (Å²) >= 11 is 0. The van der Waals surface area contributed by atoms with Crippen molar-refractivity contribution in [1.29, 1.82) is 0 Å². The molecule has 0 fully saturated rings. The van der Waals surface area contributed by atoms with Crippen molar-refractivity contribution < 1.29 is 14.6 Å². The molecule has 0 bridgehead atoms. The van der Waals surface area contributed by atoms with Gasteiger partial charge in [-0.05, 0) is 19.3 Å².